The van der Waals surface area contributed by atoms with E-state index in [2.05, 4.69) is 5.32 Å². The van der Waals surface area contributed by atoms with Crippen LogP contribution < -0.4 is 5.32 Å². The molecule has 1 aromatic rings. The standard InChI is InChI=1S/C13H17F2NO/c14-13(15,10-4-3-8-16-9-7-10)11-5-1-2-6-12(11)17/h1-2,5-6,10,16-17H,3-4,7-9H2. The summed E-state index contributed by atoms with van der Waals surface area (Å²) in [7, 11) is 0. The zero-order valence-corrected chi connectivity index (χ0v) is 9.63. The number of aromatic hydroxyl groups is 1. The lowest BCUT2D eigenvalue weighted by atomic mass is 9.88. The Hall–Kier alpha value is -1.16. The van der Waals surface area contributed by atoms with Crippen molar-refractivity contribution in [2.45, 2.75) is 25.2 Å². The molecule has 1 aliphatic heterocycles. The van der Waals surface area contributed by atoms with E-state index in [0.717, 1.165) is 13.0 Å². The van der Waals surface area contributed by atoms with Gasteiger partial charge in [-0.3, -0.25) is 0 Å². The summed E-state index contributed by atoms with van der Waals surface area (Å²) in [5.74, 6) is -3.95. The van der Waals surface area contributed by atoms with E-state index in [-0.39, 0.29) is 11.3 Å². The van der Waals surface area contributed by atoms with Crippen molar-refractivity contribution in [1.29, 1.82) is 0 Å². The molecule has 2 nitrogen and oxygen atoms in total. The van der Waals surface area contributed by atoms with Gasteiger partial charge in [0.15, 0.2) is 0 Å². The molecule has 4 heteroatoms. The molecule has 0 spiro atoms. The SMILES string of the molecule is Oc1ccccc1C(F)(F)C1CCCNCC1. The van der Waals surface area contributed by atoms with Gasteiger partial charge in [0.2, 0.25) is 0 Å². The number of phenolic OH excluding ortho intramolecular Hbond substituents is 1. The molecule has 0 saturated carbocycles. The summed E-state index contributed by atoms with van der Waals surface area (Å²) in [6.07, 6.45) is 1.70. The molecule has 0 aliphatic carbocycles. The van der Waals surface area contributed by atoms with Gasteiger partial charge in [-0.1, -0.05) is 12.1 Å². The molecule has 1 aromatic carbocycles. The minimum atomic E-state index is -2.95. The predicted molar refractivity (Wildman–Crippen MR) is 62.2 cm³/mol. The molecule has 0 bridgehead atoms. The summed E-state index contributed by atoms with van der Waals surface area (Å²) in [6, 6.07) is 5.73. The molecule has 0 aromatic heterocycles. The van der Waals surface area contributed by atoms with Crippen molar-refractivity contribution in [2.24, 2.45) is 5.92 Å². The Morgan fingerprint density at radius 3 is 2.71 bits per heavy atom. The van der Waals surface area contributed by atoms with Crippen molar-refractivity contribution in [2.75, 3.05) is 13.1 Å². The fourth-order valence-electron chi connectivity index (χ4n) is 2.36. The monoisotopic (exact) mass is 241 g/mol. The van der Waals surface area contributed by atoms with Crippen molar-refractivity contribution in [3.8, 4) is 5.75 Å². The molecule has 1 heterocycles. The molecule has 17 heavy (non-hydrogen) atoms. The zero-order chi connectivity index (χ0) is 12.3. The minimum Gasteiger partial charge on any atom is -0.507 e. The van der Waals surface area contributed by atoms with Crippen LogP contribution in [0.25, 0.3) is 0 Å². The van der Waals surface area contributed by atoms with Crippen molar-refractivity contribution < 1.29 is 13.9 Å². The number of rotatable bonds is 2. The molecule has 1 fully saturated rings. The zero-order valence-electron chi connectivity index (χ0n) is 9.63. The quantitative estimate of drug-likeness (QED) is 0.834. The summed E-state index contributed by atoms with van der Waals surface area (Å²) >= 11 is 0. The largest absolute Gasteiger partial charge is 0.507 e. The Morgan fingerprint density at radius 1 is 1.18 bits per heavy atom. The maximum atomic E-state index is 14.3. The second-order valence-corrected chi connectivity index (χ2v) is 4.52. The van der Waals surface area contributed by atoms with Crippen molar-refractivity contribution in [3.63, 3.8) is 0 Å². The van der Waals surface area contributed by atoms with Crippen molar-refractivity contribution in [3.05, 3.63) is 29.8 Å². The predicted octanol–water partition coefficient (Wildman–Crippen LogP) is 2.87. The number of nitrogens with one attached hydrogen (secondary N) is 1. The van der Waals surface area contributed by atoms with Crippen LogP contribution in [0.3, 0.4) is 0 Å². The number of alkyl halides is 2. The fourth-order valence-corrected chi connectivity index (χ4v) is 2.36. The second kappa shape index (κ2) is 5.00. The molecule has 2 rings (SSSR count). The van der Waals surface area contributed by atoms with Crippen molar-refractivity contribution in [1.82, 2.24) is 5.32 Å². The lowest BCUT2D eigenvalue weighted by molar-refractivity contribution is -0.0709. The van der Waals surface area contributed by atoms with Gasteiger partial charge < -0.3 is 10.4 Å². The van der Waals surface area contributed by atoms with Crippen LogP contribution in [-0.4, -0.2) is 18.2 Å². The van der Waals surface area contributed by atoms with Crippen LogP contribution in [0.4, 0.5) is 8.78 Å². The summed E-state index contributed by atoms with van der Waals surface area (Å²) in [5.41, 5.74) is -0.244. The van der Waals surface area contributed by atoms with Crippen LogP contribution in [0.5, 0.6) is 5.75 Å². The smallest absolute Gasteiger partial charge is 0.279 e. The summed E-state index contributed by atoms with van der Waals surface area (Å²) in [4.78, 5) is 0. The van der Waals surface area contributed by atoms with Crippen LogP contribution in [-0.2, 0) is 5.92 Å². The number of halogens is 2. The Morgan fingerprint density at radius 2 is 1.94 bits per heavy atom. The molecule has 1 aliphatic rings. The van der Waals surface area contributed by atoms with Crippen LogP contribution >= 0.6 is 0 Å². The van der Waals surface area contributed by atoms with Gasteiger partial charge in [0.1, 0.15) is 5.75 Å². The average Bonchev–Trinajstić information content (AvgIpc) is 2.58. The van der Waals surface area contributed by atoms with Crippen molar-refractivity contribution >= 4 is 0 Å². The topological polar surface area (TPSA) is 32.3 Å². The molecular weight excluding hydrogens is 224 g/mol. The molecule has 1 atom stereocenters. The molecular formula is C13H17F2NO. The lowest BCUT2D eigenvalue weighted by Crippen LogP contribution is -2.27. The van der Waals surface area contributed by atoms with Crippen LogP contribution in [0.15, 0.2) is 24.3 Å². The molecule has 0 radical (unpaired) electrons. The number of hydrogen-bond donors (Lipinski definition) is 2. The van der Waals surface area contributed by atoms with E-state index < -0.39 is 11.8 Å². The van der Waals surface area contributed by atoms with Gasteiger partial charge in [-0.05, 0) is 44.5 Å². The van der Waals surface area contributed by atoms with E-state index in [9.17, 15) is 13.9 Å². The highest BCUT2D eigenvalue weighted by molar-refractivity contribution is 5.35. The number of phenols is 1. The minimum absolute atomic E-state index is 0.244. The Bertz CT molecular complexity index is 373. The van der Waals surface area contributed by atoms with E-state index in [4.69, 9.17) is 0 Å². The molecule has 94 valence electrons. The Labute approximate surface area is 99.7 Å². The first kappa shape index (κ1) is 12.3. The van der Waals surface area contributed by atoms with Crippen LogP contribution in [0, 0.1) is 5.92 Å². The first-order valence-electron chi connectivity index (χ1n) is 5.99. The molecule has 1 saturated heterocycles. The van der Waals surface area contributed by atoms with E-state index in [1.54, 1.807) is 6.07 Å². The van der Waals surface area contributed by atoms with E-state index in [1.165, 1.54) is 18.2 Å². The van der Waals surface area contributed by atoms with Gasteiger partial charge in [0.25, 0.3) is 5.92 Å². The maximum absolute atomic E-state index is 14.3. The Kier molecular flexibility index (Phi) is 3.62. The second-order valence-electron chi connectivity index (χ2n) is 4.52. The molecule has 2 N–H and O–H groups in total. The maximum Gasteiger partial charge on any atom is 0.279 e. The molecule has 1 unspecified atom stereocenters. The fraction of sp³-hybridized carbons (Fsp3) is 0.538. The third-order valence-electron chi connectivity index (χ3n) is 3.35. The van der Waals surface area contributed by atoms with Gasteiger partial charge in [0, 0.05) is 5.92 Å². The van der Waals surface area contributed by atoms with E-state index in [0.29, 0.717) is 19.4 Å². The Balaban J connectivity index is 2.25. The highest BCUT2D eigenvalue weighted by Crippen LogP contribution is 2.43. The lowest BCUT2D eigenvalue weighted by Gasteiger charge is -2.26. The summed E-state index contributed by atoms with van der Waals surface area (Å²) < 4.78 is 28.6. The third-order valence-corrected chi connectivity index (χ3v) is 3.35. The normalized spacial score (nSPS) is 22.1. The highest BCUT2D eigenvalue weighted by atomic mass is 19.3. The highest BCUT2D eigenvalue weighted by Gasteiger charge is 2.42. The van der Waals surface area contributed by atoms with Gasteiger partial charge in [-0.25, -0.2) is 8.78 Å². The molecule has 0 amide bonds. The van der Waals surface area contributed by atoms with Gasteiger partial charge in [-0.2, -0.15) is 0 Å². The van der Waals surface area contributed by atoms with Crippen LogP contribution in [0.1, 0.15) is 24.8 Å². The van der Waals surface area contributed by atoms with E-state index >= 15 is 0 Å². The van der Waals surface area contributed by atoms with Gasteiger partial charge >= 0.3 is 0 Å². The van der Waals surface area contributed by atoms with E-state index in [1.807, 2.05) is 0 Å². The van der Waals surface area contributed by atoms with Crippen LogP contribution in [0.2, 0.25) is 0 Å². The summed E-state index contributed by atoms with van der Waals surface area (Å²) in [5, 5.41) is 12.7. The summed E-state index contributed by atoms with van der Waals surface area (Å²) in [6.45, 7) is 1.42. The van der Waals surface area contributed by atoms with Gasteiger partial charge in [-0.15, -0.1) is 0 Å². The average molecular weight is 241 g/mol. The first-order valence-corrected chi connectivity index (χ1v) is 5.99. The third kappa shape index (κ3) is 2.57. The number of hydrogen-bond acceptors (Lipinski definition) is 2. The number of benzene rings is 1. The first-order chi connectivity index (χ1) is 8.12. The number of para-hydroxylation sites is 1. The van der Waals surface area contributed by atoms with Gasteiger partial charge in [0.05, 0.1) is 5.56 Å².